The van der Waals surface area contributed by atoms with Crippen LogP contribution in [0, 0.1) is 0 Å². The van der Waals surface area contributed by atoms with E-state index in [4.69, 9.17) is 9.47 Å². The highest BCUT2D eigenvalue weighted by Gasteiger charge is 2.33. The van der Waals surface area contributed by atoms with E-state index >= 15 is 0 Å². The minimum Gasteiger partial charge on any atom is -0.491 e. The largest absolute Gasteiger partial charge is 0.491 e. The van der Waals surface area contributed by atoms with Crippen LogP contribution in [0.2, 0.25) is 0 Å². The van der Waals surface area contributed by atoms with Gasteiger partial charge in [-0.1, -0.05) is 12.1 Å². The predicted molar refractivity (Wildman–Crippen MR) is 94.7 cm³/mol. The summed E-state index contributed by atoms with van der Waals surface area (Å²) >= 11 is 0. The second-order valence-corrected chi connectivity index (χ2v) is 7.16. The summed E-state index contributed by atoms with van der Waals surface area (Å²) in [5.74, 6) is -1.82. The van der Waals surface area contributed by atoms with Gasteiger partial charge in [0.15, 0.2) is 0 Å². The van der Waals surface area contributed by atoms with Crippen LogP contribution in [0.1, 0.15) is 18.4 Å². The van der Waals surface area contributed by atoms with E-state index in [0.717, 1.165) is 18.7 Å². The second kappa shape index (κ2) is 9.08. The van der Waals surface area contributed by atoms with Gasteiger partial charge >= 0.3 is 0 Å². The maximum atomic E-state index is 13.2. The summed E-state index contributed by atoms with van der Waals surface area (Å²) in [6.07, 6.45) is -0.700. The lowest BCUT2D eigenvalue weighted by Crippen LogP contribution is -2.42. The molecule has 1 aromatic carbocycles. The van der Waals surface area contributed by atoms with Gasteiger partial charge in [-0.3, -0.25) is 9.80 Å². The molecule has 0 radical (unpaired) electrons. The number of nitrogens with zero attached hydrogens (tertiary/aromatic N) is 2. The van der Waals surface area contributed by atoms with Gasteiger partial charge in [-0.25, -0.2) is 8.78 Å². The van der Waals surface area contributed by atoms with Crippen molar-refractivity contribution in [2.75, 3.05) is 52.5 Å². The third-order valence-corrected chi connectivity index (χ3v) is 4.91. The number of aliphatic hydroxyl groups excluding tert-OH is 1. The van der Waals surface area contributed by atoms with Crippen molar-refractivity contribution in [3.63, 3.8) is 0 Å². The number of hydrogen-bond donors (Lipinski definition) is 1. The maximum absolute atomic E-state index is 13.2. The standard InChI is InChI=1S/C19H28F2N2O3/c20-19(21)4-6-22(7-5-19)13-16-2-1-3-18(12-16)26-15-17(24)14-23-8-10-25-11-9-23/h1-3,12,17,24H,4-11,13-15H2/t17-/m0/s1. The number of morpholine rings is 1. The number of benzene rings is 1. The molecule has 0 amide bonds. The molecule has 0 unspecified atom stereocenters. The molecule has 0 saturated carbocycles. The van der Waals surface area contributed by atoms with Crippen LogP contribution in [-0.2, 0) is 11.3 Å². The third kappa shape index (κ3) is 6.16. The van der Waals surface area contributed by atoms with Crippen molar-refractivity contribution in [3.05, 3.63) is 29.8 Å². The Bertz CT molecular complexity index is 557. The van der Waals surface area contributed by atoms with Crippen LogP contribution in [0.15, 0.2) is 24.3 Å². The number of alkyl halides is 2. The van der Waals surface area contributed by atoms with Crippen LogP contribution in [0.5, 0.6) is 5.75 Å². The summed E-state index contributed by atoms with van der Waals surface area (Å²) in [5.41, 5.74) is 1.04. The van der Waals surface area contributed by atoms with E-state index in [2.05, 4.69) is 4.90 Å². The van der Waals surface area contributed by atoms with Crippen molar-refractivity contribution in [1.82, 2.24) is 9.80 Å². The topological polar surface area (TPSA) is 45.2 Å². The third-order valence-electron chi connectivity index (χ3n) is 4.91. The van der Waals surface area contributed by atoms with Gasteiger partial charge in [-0.2, -0.15) is 0 Å². The van der Waals surface area contributed by atoms with Crippen LogP contribution >= 0.6 is 0 Å². The Labute approximate surface area is 153 Å². The summed E-state index contributed by atoms with van der Waals surface area (Å²) in [5, 5.41) is 10.2. The fourth-order valence-corrected chi connectivity index (χ4v) is 3.36. The number of likely N-dealkylation sites (tertiary alicyclic amines) is 1. The molecule has 2 aliphatic rings. The molecule has 2 heterocycles. The molecule has 2 aliphatic heterocycles. The Morgan fingerprint density at radius 3 is 2.58 bits per heavy atom. The van der Waals surface area contributed by atoms with Gasteiger partial charge in [0.05, 0.1) is 13.2 Å². The Kier molecular flexibility index (Phi) is 6.80. The predicted octanol–water partition coefficient (Wildman–Crippen LogP) is 1.99. The molecule has 0 aliphatic carbocycles. The highest BCUT2D eigenvalue weighted by atomic mass is 19.3. The first-order valence-corrected chi connectivity index (χ1v) is 9.30. The molecule has 2 fully saturated rings. The quantitative estimate of drug-likeness (QED) is 0.795. The smallest absolute Gasteiger partial charge is 0.250 e. The zero-order valence-corrected chi connectivity index (χ0v) is 15.1. The molecule has 3 rings (SSSR count). The molecule has 1 aromatic rings. The normalized spacial score (nSPS) is 22.9. The number of β-amino-alcohol motifs (C(OH)–C–C–N with tert-alkyl or cyclic N) is 1. The Morgan fingerprint density at radius 2 is 1.85 bits per heavy atom. The zero-order chi connectivity index (χ0) is 18.4. The molecule has 0 bridgehead atoms. The van der Waals surface area contributed by atoms with Crippen molar-refractivity contribution >= 4 is 0 Å². The first kappa shape index (κ1) is 19.5. The number of aliphatic hydroxyl groups is 1. The van der Waals surface area contributed by atoms with E-state index in [1.807, 2.05) is 29.2 Å². The Balaban J connectivity index is 1.43. The van der Waals surface area contributed by atoms with E-state index in [1.54, 1.807) is 0 Å². The van der Waals surface area contributed by atoms with Crippen molar-refractivity contribution in [1.29, 1.82) is 0 Å². The fourth-order valence-electron chi connectivity index (χ4n) is 3.36. The molecule has 1 atom stereocenters. The van der Waals surface area contributed by atoms with E-state index in [1.165, 1.54) is 0 Å². The highest BCUT2D eigenvalue weighted by Crippen LogP contribution is 2.28. The van der Waals surface area contributed by atoms with Crippen molar-refractivity contribution in [2.24, 2.45) is 0 Å². The molecule has 0 spiro atoms. The lowest BCUT2D eigenvalue weighted by Gasteiger charge is -2.31. The fraction of sp³-hybridized carbons (Fsp3) is 0.684. The molecule has 7 heteroatoms. The van der Waals surface area contributed by atoms with Gasteiger partial charge in [0.25, 0.3) is 5.92 Å². The molecule has 2 saturated heterocycles. The monoisotopic (exact) mass is 370 g/mol. The van der Waals surface area contributed by atoms with E-state index < -0.39 is 12.0 Å². The average Bonchev–Trinajstić information content (AvgIpc) is 2.63. The number of hydrogen-bond acceptors (Lipinski definition) is 5. The Hall–Kier alpha value is -1.28. The first-order valence-electron chi connectivity index (χ1n) is 9.30. The Morgan fingerprint density at radius 1 is 1.12 bits per heavy atom. The number of ether oxygens (including phenoxy) is 2. The lowest BCUT2D eigenvalue weighted by atomic mass is 10.1. The van der Waals surface area contributed by atoms with Gasteiger partial charge in [-0.15, -0.1) is 0 Å². The summed E-state index contributed by atoms with van der Waals surface area (Å²) in [6, 6.07) is 7.66. The van der Waals surface area contributed by atoms with Gasteiger partial charge in [0, 0.05) is 52.1 Å². The molecule has 146 valence electrons. The van der Waals surface area contributed by atoms with Crippen molar-refractivity contribution in [3.8, 4) is 5.75 Å². The second-order valence-electron chi connectivity index (χ2n) is 7.16. The summed E-state index contributed by atoms with van der Waals surface area (Å²) in [7, 11) is 0. The van der Waals surface area contributed by atoms with E-state index in [9.17, 15) is 13.9 Å². The number of rotatable bonds is 7. The molecule has 0 aromatic heterocycles. The summed E-state index contributed by atoms with van der Waals surface area (Å²) in [4.78, 5) is 4.21. The molecule has 1 N–H and O–H groups in total. The van der Waals surface area contributed by atoms with Gasteiger partial charge < -0.3 is 14.6 Å². The van der Waals surface area contributed by atoms with Crippen molar-refractivity contribution < 1.29 is 23.4 Å². The molecule has 26 heavy (non-hydrogen) atoms. The minimum atomic E-state index is -2.52. The molecule has 5 nitrogen and oxygen atoms in total. The van der Waals surface area contributed by atoms with Crippen molar-refractivity contribution in [2.45, 2.75) is 31.4 Å². The van der Waals surface area contributed by atoms with Crippen LogP contribution in [0.25, 0.3) is 0 Å². The van der Waals surface area contributed by atoms with E-state index in [-0.39, 0.29) is 19.4 Å². The van der Waals surface area contributed by atoms with Crippen LogP contribution in [0.4, 0.5) is 8.78 Å². The van der Waals surface area contributed by atoms with Crippen LogP contribution < -0.4 is 4.74 Å². The van der Waals surface area contributed by atoms with Gasteiger partial charge in [-0.05, 0) is 17.7 Å². The van der Waals surface area contributed by atoms with Gasteiger partial charge in [0.1, 0.15) is 18.5 Å². The zero-order valence-electron chi connectivity index (χ0n) is 15.1. The van der Waals surface area contributed by atoms with Gasteiger partial charge in [0.2, 0.25) is 0 Å². The SMILES string of the molecule is O[C@H](COc1cccc(CN2CCC(F)(F)CC2)c1)CN1CCOCC1. The van der Waals surface area contributed by atoms with Crippen LogP contribution in [-0.4, -0.2) is 79.5 Å². The number of halogens is 2. The van der Waals surface area contributed by atoms with E-state index in [0.29, 0.717) is 45.1 Å². The van der Waals surface area contributed by atoms with Crippen LogP contribution in [0.3, 0.4) is 0 Å². The summed E-state index contributed by atoms with van der Waals surface area (Å²) < 4.78 is 37.5. The highest BCUT2D eigenvalue weighted by molar-refractivity contribution is 5.28. The first-order chi connectivity index (χ1) is 12.5. The molecular weight excluding hydrogens is 342 g/mol. The average molecular weight is 370 g/mol. The minimum absolute atomic E-state index is 0.0725. The maximum Gasteiger partial charge on any atom is 0.250 e. The molecular formula is C19H28F2N2O3. The summed E-state index contributed by atoms with van der Waals surface area (Å²) in [6.45, 7) is 5.36. The lowest BCUT2D eigenvalue weighted by molar-refractivity contribution is -0.0566. The number of piperidine rings is 1.